The number of halogens is 1. The molecule has 2 heterocycles. The van der Waals surface area contributed by atoms with Crippen LogP contribution in [0.1, 0.15) is 25.2 Å². The molecule has 0 atom stereocenters. The largest absolute Gasteiger partial charge is 0.289 e. The molecule has 0 saturated carbocycles. The summed E-state index contributed by atoms with van der Waals surface area (Å²) >= 11 is 7.47. The lowest BCUT2D eigenvalue weighted by Crippen LogP contribution is -2.27. The molecule has 24 heavy (non-hydrogen) atoms. The van der Waals surface area contributed by atoms with Crippen molar-refractivity contribution >= 4 is 57.0 Å². The third-order valence-corrected chi connectivity index (χ3v) is 4.65. The van der Waals surface area contributed by atoms with Crippen LogP contribution in [0.15, 0.2) is 35.7 Å². The minimum absolute atomic E-state index is 0.00421. The number of rotatable bonds is 4. The Hall–Kier alpha value is -2.24. The van der Waals surface area contributed by atoms with E-state index in [1.807, 2.05) is 54.8 Å². The van der Waals surface area contributed by atoms with Gasteiger partial charge in [0.15, 0.2) is 5.13 Å². The van der Waals surface area contributed by atoms with Crippen molar-refractivity contribution in [2.75, 3.05) is 11.4 Å². The minimum atomic E-state index is -0.00421. The zero-order chi connectivity index (χ0) is 17.1. The molecular formula is C18H16ClN3OS. The molecule has 0 bridgehead atoms. The van der Waals surface area contributed by atoms with Crippen LogP contribution >= 0.6 is 22.9 Å². The second-order valence-electron chi connectivity index (χ2n) is 5.22. The van der Waals surface area contributed by atoms with Crippen molar-refractivity contribution in [3.63, 3.8) is 0 Å². The Labute approximate surface area is 149 Å². The maximum absolute atomic E-state index is 11.6. The van der Waals surface area contributed by atoms with Crippen LogP contribution in [-0.4, -0.2) is 22.4 Å². The molecule has 0 fully saturated rings. The Morgan fingerprint density at radius 2 is 1.96 bits per heavy atom. The fourth-order valence-corrected chi connectivity index (χ4v) is 3.41. The summed E-state index contributed by atoms with van der Waals surface area (Å²) in [6.07, 6.45) is 3.80. The number of anilines is 1. The first-order valence-electron chi connectivity index (χ1n) is 7.55. The topological polar surface area (TPSA) is 46.1 Å². The first-order valence-corrected chi connectivity index (χ1v) is 8.80. The van der Waals surface area contributed by atoms with Crippen LogP contribution in [0.2, 0.25) is 5.02 Å². The zero-order valence-electron chi connectivity index (χ0n) is 13.4. The van der Waals surface area contributed by atoms with E-state index in [0.29, 0.717) is 16.7 Å². The number of amides is 1. The number of hydrogen-bond donors (Lipinski definition) is 0. The number of pyridine rings is 1. The first kappa shape index (κ1) is 16.6. The van der Waals surface area contributed by atoms with Crippen molar-refractivity contribution in [2.45, 2.75) is 13.8 Å². The summed E-state index contributed by atoms with van der Waals surface area (Å²) in [5, 5.41) is 4.36. The highest BCUT2D eigenvalue weighted by Crippen LogP contribution is 2.22. The lowest BCUT2D eigenvalue weighted by atomic mass is 10.2. The number of fused-ring (bicyclic) bond motifs is 1. The number of nitrogens with zero attached hydrogens (tertiary/aromatic N) is 3. The molecule has 0 aliphatic carbocycles. The number of hydrogen-bond acceptors (Lipinski definition) is 4. The molecule has 0 aliphatic heterocycles. The van der Waals surface area contributed by atoms with E-state index in [0.717, 1.165) is 22.3 Å². The summed E-state index contributed by atoms with van der Waals surface area (Å²) in [5.74, 6) is -0.00421. The Bertz CT molecular complexity index is 920. The van der Waals surface area contributed by atoms with E-state index in [-0.39, 0.29) is 5.91 Å². The van der Waals surface area contributed by atoms with E-state index in [1.54, 1.807) is 11.8 Å². The number of carbonyl (C=O) groups excluding carboxylic acids is 1. The van der Waals surface area contributed by atoms with Gasteiger partial charge in [0, 0.05) is 29.3 Å². The smallest absolute Gasteiger partial charge is 0.225 e. The third-order valence-electron chi connectivity index (χ3n) is 3.54. The van der Waals surface area contributed by atoms with E-state index >= 15 is 0 Å². The molecule has 0 aliphatic rings. The third kappa shape index (κ3) is 3.63. The molecule has 3 aromatic rings. The molecule has 122 valence electrons. The van der Waals surface area contributed by atoms with E-state index in [9.17, 15) is 4.79 Å². The van der Waals surface area contributed by atoms with Gasteiger partial charge < -0.3 is 0 Å². The van der Waals surface area contributed by atoms with Gasteiger partial charge in [0.25, 0.3) is 0 Å². The van der Waals surface area contributed by atoms with E-state index in [1.165, 1.54) is 11.3 Å². The predicted molar refractivity (Wildman–Crippen MR) is 101 cm³/mol. The van der Waals surface area contributed by atoms with Crippen LogP contribution in [0, 0.1) is 0 Å². The van der Waals surface area contributed by atoms with Gasteiger partial charge in [-0.3, -0.25) is 9.69 Å². The van der Waals surface area contributed by atoms with Gasteiger partial charge in [-0.15, -0.1) is 11.3 Å². The van der Waals surface area contributed by atoms with Crippen LogP contribution in [0.5, 0.6) is 0 Å². The lowest BCUT2D eigenvalue weighted by Gasteiger charge is -2.14. The predicted octanol–water partition coefficient (Wildman–Crippen LogP) is 4.89. The van der Waals surface area contributed by atoms with E-state index < -0.39 is 0 Å². The highest BCUT2D eigenvalue weighted by atomic mass is 35.5. The second-order valence-corrected chi connectivity index (χ2v) is 6.50. The van der Waals surface area contributed by atoms with Gasteiger partial charge in [-0.05, 0) is 37.3 Å². The molecule has 4 nitrogen and oxygen atoms in total. The molecule has 3 rings (SSSR count). The summed E-state index contributed by atoms with van der Waals surface area (Å²) in [6, 6.07) is 9.62. The standard InChI is InChI=1S/C18H16ClN3OS/c1-3-22(12(2)23)18-21-16(11-24-18)9-8-15-7-5-13-4-6-14(19)10-17(13)20-15/h4-11H,3H2,1-2H3/b9-8+. The van der Waals surface area contributed by atoms with Gasteiger partial charge >= 0.3 is 0 Å². The van der Waals surface area contributed by atoms with Crippen molar-refractivity contribution < 1.29 is 4.79 Å². The summed E-state index contributed by atoms with van der Waals surface area (Å²) in [5.41, 5.74) is 2.50. The van der Waals surface area contributed by atoms with Crippen LogP contribution < -0.4 is 4.90 Å². The Morgan fingerprint density at radius 3 is 2.71 bits per heavy atom. The van der Waals surface area contributed by atoms with Gasteiger partial charge in [0.2, 0.25) is 5.91 Å². The maximum Gasteiger partial charge on any atom is 0.225 e. The van der Waals surface area contributed by atoms with Gasteiger partial charge in [0.1, 0.15) is 0 Å². The zero-order valence-corrected chi connectivity index (χ0v) is 14.9. The second kappa shape index (κ2) is 7.11. The van der Waals surface area contributed by atoms with Crippen LogP contribution in [-0.2, 0) is 4.79 Å². The van der Waals surface area contributed by atoms with Gasteiger partial charge in [-0.2, -0.15) is 0 Å². The lowest BCUT2D eigenvalue weighted by molar-refractivity contribution is -0.116. The summed E-state index contributed by atoms with van der Waals surface area (Å²) in [6.45, 7) is 4.09. The first-order chi connectivity index (χ1) is 11.6. The molecule has 0 spiro atoms. The molecular weight excluding hydrogens is 342 g/mol. The average molecular weight is 358 g/mol. The van der Waals surface area contributed by atoms with E-state index in [4.69, 9.17) is 11.6 Å². The van der Waals surface area contributed by atoms with Crippen molar-refractivity contribution in [1.29, 1.82) is 0 Å². The fraction of sp³-hybridized carbons (Fsp3) is 0.167. The molecule has 0 saturated heterocycles. The minimum Gasteiger partial charge on any atom is -0.289 e. The Balaban J connectivity index is 1.83. The summed E-state index contributed by atoms with van der Waals surface area (Å²) < 4.78 is 0. The molecule has 0 N–H and O–H groups in total. The highest BCUT2D eigenvalue weighted by molar-refractivity contribution is 7.14. The SMILES string of the molecule is CCN(C(C)=O)c1nc(/C=C/c2ccc3ccc(Cl)cc3n2)cs1. The van der Waals surface area contributed by atoms with Crippen molar-refractivity contribution in [3.05, 3.63) is 52.1 Å². The van der Waals surface area contributed by atoms with Crippen molar-refractivity contribution in [3.8, 4) is 0 Å². The van der Waals surface area contributed by atoms with Gasteiger partial charge in [-0.1, -0.05) is 23.7 Å². The normalized spacial score (nSPS) is 11.3. The molecule has 0 unspecified atom stereocenters. The van der Waals surface area contributed by atoms with Crippen molar-refractivity contribution in [2.24, 2.45) is 0 Å². The average Bonchev–Trinajstić information content (AvgIpc) is 3.01. The molecule has 6 heteroatoms. The monoisotopic (exact) mass is 357 g/mol. The van der Waals surface area contributed by atoms with Crippen LogP contribution in [0.3, 0.4) is 0 Å². The fourth-order valence-electron chi connectivity index (χ4n) is 2.34. The van der Waals surface area contributed by atoms with Crippen LogP contribution in [0.25, 0.3) is 23.1 Å². The van der Waals surface area contributed by atoms with Crippen LogP contribution in [0.4, 0.5) is 5.13 Å². The number of benzene rings is 1. The molecule has 1 amide bonds. The molecule has 0 radical (unpaired) electrons. The van der Waals surface area contributed by atoms with Gasteiger partial charge in [-0.25, -0.2) is 9.97 Å². The van der Waals surface area contributed by atoms with E-state index in [2.05, 4.69) is 9.97 Å². The Morgan fingerprint density at radius 1 is 1.21 bits per heavy atom. The summed E-state index contributed by atoms with van der Waals surface area (Å²) in [4.78, 5) is 22.3. The highest BCUT2D eigenvalue weighted by Gasteiger charge is 2.12. The molecule has 1 aromatic carbocycles. The maximum atomic E-state index is 11.6. The van der Waals surface area contributed by atoms with Gasteiger partial charge in [0.05, 0.1) is 16.9 Å². The van der Waals surface area contributed by atoms with Crippen molar-refractivity contribution in [1.82, 2.24) is 9.97 Å². The number of thiazole rings is 1. The summed E-state index contributed by atoms with van der Waals surface area (Å²) in [7, 11) is 0. The number of carbonyl (C=O) groups is 1. The Kier molecular flexibility index (Phi) is 4.92. The number of aromatic nitrogens is 2. The quantitative estimate of drug-likeness (QED) is 0.668. The molecule has 2 aromatic heterocycles.